The highest BCUT2D eigenvalue weighted by Gasteiger charge is 2.30. The van der Waals surface area contributed by atoms with Crippen molar-refractivity contribution < 1.29 is 13.2 Å². The molecule has 0 radical (unpaired) electrons. The number of thiazole rings is 1. The minimum Gasteiger partial charge on any atom is -0.351 e. The van der Waals surface area contributed by atoms with E-state index in [-0.39, 0.29) is 5.91 Å². The Morgan fingerprint density at radius 1 is 1.29 bits per heavy atom. The highest BCUT2D eigenvalue weighted by Crippen LogP contribution is 2.27. The van der Waals surface area contributed by atoms with Crippen molar-refractivity contribution in [2.24, 2.45) is 0 Å². The Bertz CT molecular complexity index is 793. The zero-order valence-electron chi connectivity index (χ0n) is 13.1. The second kappa shape index (κ2) is 7.18. The lowest BCUT2D eigenvalue weighted by Gasteiger charge is -2.33. The van der Waals surface area contributed by atoms with Crippen LogP contribution < -0.4 is 10.2 Å². The lowest BCUT2D eigenvalue weighted by Crippen LogP contribution is -2.48. The maximum atomic E-state index is 12.7. The fraction of sp³-hybridized carbons (Fsp3) is 0.429. The molecule has 0 atom stereocenters. The molecule has 0 aromatic carbocycles. The Labute approximate surface area is 149 Å². The van der Waals surface area contributed by atoms with Gasteiger partial charge >= 0.3 is 0 Å². The topological polar surface area (TPSA) is 82.6 Å². The van der Waals surface area contributed by atoms with E-state index in [1.165, 1.54) is 22.6 Å². The van der Waals surface area contributed by atoms with Crippen LogP contribution >= 0.6 is 22.7 Å². The molecular formula is C14H18N4O3S3. The summed E-state index contributed by atoms with van der Waals surface area (Å²) in [6.45, 7) is 3.95. The Morgan fingerprint density at radius 2 is 2.04 bits per heavy atom. The van der Waals surface area contributed by atoms with Crippen LogP contribution in [0.25, 0.3) is 0 Å². The highest BCUT2D eigenvalue weighted by atomic mass is 32.2. The number of carbonyl (C=O) groups is 1. The Hall–Kier alpha value is -1.49. The molecule has 130 valence electrons. The third kappa shape index (κ3) is 3.77. The van der Waals surface area contributed by atoms with Crippen LogP contribution in [0.15, 0.2) is 27.9 Å². The molecule has 0 unspecified atom stereocenters. The fourth-order valence-corrected chi connectivity index (χ4v) is 5.99. The summed E-state index contributed by atoms with van der Waals surface area (Å²) >= 11 is 2.77. The van der Waals surface area contributed by atoms with Crippen LogP contribution in [0, 0.1) is 0 Å². The first-order valence-corrected chi connectivity index (χ1v) is 10.6. The van der Waals surface area contributed by atoms with Crippen molar-refractivity contribution in [3.63, 3.8) is 0 Å². The van der Waals surface area contributed by atoms with Gasteiger partial charge in [0.05, 0.1) is 6.54 Å². The summed E-state index contributed by atoms with van der Waals surface area (Å²) in [5.74, 6) is -0.133. The molecule has 0 bridgehead atoms. The van der Waals surface area contributed by atoms with Gasteiger partial charge in [-0.05, 0) is 12.1 Å². The zero-order chi connectivity index (χ0) is 17.2. The first-order chi connectivity index (χ1) is 11.5. The van der Waals surface area contributed by atoms with Gasteiger partial charge in [0.25, 0.3) is 10.0 Å². The van der Waals surface area contributed by atoms with Gasteiger partial charge in [-0.25, -0.2) is 13.4 Å². The average molecular weight is 387 g/mol. The van der Waals surface area contributed by atoms with E-state index < -0.39 is 10.0 Å². The Balaban J connectivity index is 1.65. The van der Waals surface area contributed by atoms with Crippen LogP contribution in [0.5, 0.6) is 0 Å². The summed E-state index contributed by atoms with van der Waals surface area (Å²) in [5.41, 5.74) is 0. The predicted molar refractivity (Wildman–Crippen MR) is 94.9 cm³/mol. The van der Waals surface area contributed by atoms with Gasteiger partial charge < -0.3 is 10.2 Å². The molecule has 24 heavy (non-hydrogen) atoms. The van der Waals surface area contributed by atoms with Crippen molar-refractivity contribution in [3.8, 4) is 0 Å². The number of thiophene rings is 1. The van der Waals surface area contributed by atoms with Crippen molar-refractivity contribution in [1.29, 1.82) is 0 Å². The number of nitrogens with one attached hydrogen (secondary N) is 1. The van der Waals surface area contributed by atoms with Gasteiger partial charge in [0.2, 0.25) is 5.91 Å². The number of carbonyl (C=O) groups excluding carboxylic acids is 1. The summed E-state index contributed by atoms with van der Waals surface area (Å²) in [4.78, 5) is 18.2. The Kier molecular flexibility index (Phi) is 5.18. The number of nitrogens with zero attached hydrogens (tertiary/aromatic N) is 3. The minimum atomic E-state index is -3.48. The first kappa shape index (κ1) is 17.3. The number of rotatable bonds is 5. The largest absolute Gasteiger partial charge is 0.351 e. The normalized spacial score (nSPS) is 16.3. The number of anilines is 1. The van der Waals surface area contributed by atoms with Crippen molar-refractivity contribution in [2.75, 3.05) is 31.1 Å². The van der Waals surface area contributed by atoms with Gasteiger partial charge in [-0.3, -0.25) is 4.79 Å². The third-order valence-electron chi connectivity index (χ3n) is 3.67. The van der Waals surface area contributed by atoms with E-state index in [1.54, 1.807) is 29.7 Å². The molecule has 10 heteroatoms. The molecule has 1 N–H and O–H groups in total. The SMILES string of the molecule is CC(=O)NCc1ccc(S(=O)(=O)N2CCN(c3nccs3)CC2)s1. The van der Waals surface area contributed by atoms with E-state index in [1.807, 2.05) is 5.38 Å². The Morgan fingerprint density at radius 3 is 2.67 bits per heavy atom. The van der Waals surface area contributed by atoms with Gasteiger partial charge in [-0.2, -0.15) is 4.31 Å². The summed E-state index contributed by atoms with van der Waals surface area (Å²) in [5, 5.41) is 5.53. The zero-order valence-corrected chi connectivity index (χ0v) is 15.6. The molecule has 2 aromatic rings. The number of hydrogen-bond donors (Lipinski definition) is 1. The lowest BCUT2D eigenvalue weighted by molar-refractivity contribution is -0.119. The number of aromatic nitrogens is 1. The molecule has 2 aromatic heterocycles. The molecule has 3 heterocycles. The lowest BCUT2D eigenvalue weighted by atomic mass is 10.4. The second-order valence-corrected chi connectivity index (χ2v) is 9.54. The van der Waals surface area contributed by atoms with Gasteiger partial charge in [-0.1, -0.05) is 0 Å². The van der Waals surface area contributed by atoms with Crippen LogP contribution in [0.1, 0.15) is 11.8 Å². The monoisotopic (exact) mass is 386 g/mol. The fourth-order valence-electron chi connectivity index (χ4n) is 2.42. The molecule has 1 aliphatic heterocycles. The van der Waals surface area contributed by atoms with Gasteiger partial charge in [0.15, 0.2) is 5.13 Å². The molecule has 0 saturated carbocycles. The maximum absolute atomic E-state index is 12.7. The van der Waals surface area contributed by atoms with Crippen molar-refractivity contribution in [2.45, 2.75) is 17.7 Å². The van der Waals surface area contributed by atoms with Crippen LogP contribution in [0.3, 0.4) is 0 Å². The van der Waals surface area contributed by atoms with Gasteiger partial charge in [-0.15, -0.1) is 22.7 Å². The molecule has 3 rings (SSSR count). The molecule has 0 spiro atoms. The molecule has 0 aliphatic carbocycles. The molecule has 1 amide bonds. The predicted octanol–water partition coefficient (Wildman–Crippen LogP) is 1.35. The van der Waals surface area contributed by atoms with Crippen LogP contribution in [0.2, 0.25) is 0 Å². The first-order valence-electron chi connectivity index (χ1n) is 7.44. The number of hydrogen-bond acceptors (Lipinski definition) is 7. The van der Waals surface area contributed by atoms with Crippen LogP contribution in [0.4, 0.5) is 5.13 Å². The summed E-state index contributed by atoms with van der Waals surface area (Å²) in [6.07, 6.45) is 1.76. The van der Waals surface area contributed by atoms with E-state index in [0.717, 1.165) is 10.0 Å². The minimum absolute atomic E-state index is 0.133. The summed E-state index contributed by atoms with van der Waals surface area (Å²) in [7, 11) is -3.48. The molecule has 1 saturated heterocycles. The maximum Gasteiger partial charge on any atom is 0.252 e. The van der Waals surface area contributed by atoms with E-state index in [9.17, 15) is 13.2 Å². The highest BCUT2D eigenvalue weighted by molar-refractivity contribution is 7.91. The van der Waals surface area contributed by atoms with Gasteiger partial charge in [0.1, 0.15) is 4.21 Å². The number of sulfonamides is 1. The standard InChI is InChI=1S/C14H18N4O3S3/c1-11(19)16-10-12-2-3-13(23-12)24(20,21)18-7-5-17(6-8-18)14-15-4-9-22-14/h2-4,9H,5-8,10H2,1H3,(H,16,19). The van der Waals surface area contributed by atoms with Gasteiger partial charge in [0, 0.05) is 49.6 Å². The number of amides is 1. The third-order valence-corrected chi connectivity index (χ3v) is 7.95. The van der Waals surface area contributed by atoms with Crippen molar-refractivity contribution >= 4 is 43.7 Å². The van der Waals surface area contributed by atoms with Crippen LogP contribution in [-0.2, 0) is 21.4 Å². The van der Waals surface area contributed by atoms with Crippen LogP contribution in [-0.4, -0.2) is 49.8 Å². The number of piperazine rings is 1. The molecule has 7 nitrogen and oxygen atoms in total. The van der Waals surface area contributed by atoms with E-state index in [0.29, 0.717) is 36.9 Å². The van der Waals surface area contributed by atoms with E-state index in [2.05, 4.69) is 15.2 Å². The van der Waals surface area contributed by atoms with E-state index in [4.69, 9.17) is 0 Å². The summed E-state index contributed by atoms with van der Waals surface area (Å²) in [6, 6.07) is 3.36. The second-order valence-electron chi connectivity index (χ2n) is 5.34. The molecule has 1 fully saturated rings. The van der Waals surface area contributed by atoms with Crippen molar-refractivity contribution in [3.05, 3.63) is 28.6 Å². The quantitative estimate of drug-likeness (QED) is 0.839. The summed E-state index contributed by atoms with van der Waals surface area (Å²) < 4.78 is 27.3. The molecular weight excluding hydrogens is 368 g/mol. The molecule has 1 aliphatic rings. The smallest absolute Gasteiger partial charge is 0.252 e. The van der Waals surface area contributed by atoms with Crippen molar-refractivity contribution in [1.82, 2.24) is 14.6 Å². The average Bonchev–Trinajstić information content (AvgIpc) is 3.25. The van der Waals surface area contributed by atoms with E-state index >= 15 is 0 Å².